The van der Waals surface area contributed by atoms with E-state index >= 15 is 0 Å². The number of aromatic nitrogens is 4. The molecule has 0 aliphatic rings. The van der Waals surface area contributed by atoms with E-state index in [2.05, 4.69) is 15.1 Å². The molecule has 6 nitrogen and oxygen atoms in total. The minimum absolute atomic E-state index is 0.253. The van der Waals surface area contributed by atoms with Crippen LogP contribution in [0, 0.1) is 0 Å². The fourth-order valence-electron chi connectivity index (χ4n) is 2.86. The summed E-state index contributed by atoms with van der Waals surface area (Å²) >= 11 is 13.6. The summed E-state index contributed by atoms with van der Waals surface area (Å²) in [6.45, 7) is 0. The van der Waals surface area contributed by atoms with Gasteiger partial charge in [0, 0.05) is 29.6 Å². The molecular formula is C20H10Cl2N4O2S. The first-order valence-electron chi connectivity index (χ1n) is 8.46. The molecule has 29 heavy (non-hydrogen) atoms. The molecule has 0 atom stereocenters. The minimum atomic E-state index is -0.253. The minimum Gasteiger partial charge on any atom is -0.457 e. The van der Waals surface area contributed by atoms with Crippen LogP contribution in [0.25, 0.3) is 33.7 Å². The van der Waals surface area contributed by atoms with Gasteiger partial charge < -0.3 is 4.42 Å². The molecule has 0 aliphatic carbocycles. The monoisotopic (exact) mass is 440 g/mol. The molecule has 142 valence electrons. The summed E-state index contributed by atoms with van der Waals surface area (Å²) < 4.78 is 7.61. The van der Waals surface area contributed by atoms with E-state index in [-0.39, 0.29) is 5.56 Å². The molecule has 0 radical (unpaired) electrons. The van der Waals surface area contributed by atoms with Crippen LogP contribution >= 0.6 is 34.5 Å². The molecule has 0 fully saturated rings. The van der Waals surface area contributed by atoms with Gasteiger partial charge >= 0.3 is 0 Å². The van der Waals surface area contributed by atoms with Gasteiger partial charge in [0.05, 0.1) is 10.0 Å². The Bertz CT molecular complexity index is 1460. The van der Waals surface area contributed by atoms with E-state index in [1.807, 2.05) is 6.07 Å². The highest BCUT2D eigenvalue weighted by Crippen LogP contribution is 2.34. The molecule has 9 heteroatoms. The maximum absolute atomic E-state index is 12.7. The molecule has 5 rings (SSSR count). The Labute approximate surface area is 177 Å². The van der Waals surface area contributed by atoms with Crippen LogP contribution in [0.5, 0.6) is 0 Å². The zero-order chi connectivity index (χ0) is 20.0. The Morgan fingerprint density at radius 2 is 1.90 bits per heavy atom. The number of hydrogen-bond acceptors (Lipinski definition) is 6. The van der Waals surface area contributed by atoms with Crippen molar-refractivity contribution < 1.29 is 4.42 Å². The zero-order valence-electron chi connectivity index (χ0n) is 14.5. The molecule has 0 saturated carbocycles. The quantitative estimate of drug-likeness (QED) is 0.417. The van der Waals surface area contributed by atoms with Gasteiger partial charge in [-0.05, 0) is 36.4 Å². The van der Waals surface area contributed by atoms with E-state index in [1.165, 1.54) is 15.9 Å². The van der Waals surface area contributed by atoms with Gasteiger partial charge in [-0.15, -0.1) is 5.10 Å². The topological polar surface area (TPSA) is 73.3 Å². The average molecular weight is 441 g/mol. The van der Waals surface area contributed by atoms with Crippen LogP contribution in [-0.2, 0) is 0 Å². The van der Waals surface area contributed by atoms with Crippen molar-refractivity contribution >= 4 is 45.6 Å². The Hall–Kier alpha value is -3.00. The molecule has 0 saturated heterocycles. The van der Waals surface area contributed by atoms with Gasteiger partial charge in [-0.2, -0.15) is 9.50 Å². The van der Waals surface area contributed by atoms with Gasteiger partial charge in [0.2, 0.25) is 4.96 Å². The van der Waals surface area contributed by atoms with E-state index in [1.54, 1.807) is 54.9 Å². The third-order valence-corrected chi connectivity index (χ3v) is 6.02. The van der Waals surface area contributed by atoms with Gasteiger partial charge in [-0.1, -0.05) is 40.6 Å². The second-order valence-electron chi connectivity index (χ2n) is 6.08. The summed E-state index contributed by atoms with van der Waals surface area (Å²) in [6, 6.07) is 12.5. The summed E-state index contributed by atoms with van der Waals surface area (Å²) in [6.07, 6.45) is 4.97. The van der Waals surface area contributed by atoms with Crippen molar-refractivity contribution in [3.8, 4) is 22.7 Å². The first-order chi connectivity index (χ1) is 14.1. The van der Waals surface area contributed by atoms with Crippen LogP contribution in [0.2, 0.25) is 10.0 Å². The lowest BCUT2D eigenvalue weighted by molar-refractivity contribution is 0.571. The summed E-state index contributed by atoms with van der Waals surface area (Å²) in [5, 5.41) is 5.18. The number of thiazole rings is 1. The molecule has 0 bridgehead atoms. The Morgan fingerprint density at radius 3 is 2.69 bits per heavy atom. The van der Waals surface area contributed by atoms with E-state index in [4.69, 9.17) is 27.6 Å². The van der Waals surface area contributed by atoms with Crippen LogP contribution in [0.15, 0.2) is 64.1 Å². The normalized spacial score (nSPS) is 12.1. The van der Waals surface area contributed by atoms with E-state index in [0.717, 1.165) is 5.56 Å². The maximum Gasteiger partial charge on any atom is 0.291 e. The highest BCUT2D eigenvalue weighted by molar-refractivity contribution is 7.15. The van der Waals surface area contributed by atoms with Crippen LogP contribution < -0.4 is 10.1 Å². The fourth-order valence-corrected chi connectivity index (χ4v) is 4.14. The number of nitrogens with zero attached hydrogens (tertiary/aromatic N) is 4. The smallest absolute Gasteiger partial charge is 0.291 e. The Kier molecular flexibility index (Phi) is 4.43. The van der Waals surface area contributed by atoms with Gasteiger partial charge in [0.25, 0.3) is 5.56 Å². The number of furan rings is 1. The van der Waals surface area contributed by atoms with Gasteiger partial charge in [0.15, 0.2) is 5.82 Å². The SMILES string of the molecule is O=c1c(=Cc2ccc(-c3cccc(Cl)c3Cl)o2)sc2nc(-c3ccncc3)nn12. The van der Waals surface area contributed by atoms with Crippen molar-refractivity contribution in [2.45, 2.75) is 0 Å². The first kappa shape index (κ1) is 18.1. The maximum atomic E-state index is 12.7. The van der Waals surface area contributed by atoms with E-state index < -0.39 is 0 Å². The summed E-state index contributed by atoms with van der Waals surface area (Å²) in [7, 11) is 0. The summed E-state index contributed by atoms with van der Waals surface area (Å²) in [5.41, 5.74) is 1.23. The van der Waals surface area contributed by atoms with Crippen molar-refractivity contribution in [3.05, 3.63) is 85.5 Å². The van der Waals surface area contributed by atoms with E-state index in [0.29, 0.717) is 42.4 Å². The molecule has 0 N–H and O–H groups in total. The summed E-state index contributed by atoms with van der Waals surface area (Å²) in [5.74, 6) is 1.57. The molecule has 4 aromatic heterocycles. The number of halogens is 2. The van der Waals surface area contributed by atoms with Crippen LogP contribution in [0.4, 0.5) is 0 Å². The predicted molar refractivity (Wildman–Crippen MR) is 113 cm³/mol. The molecular weight excluding hydrogens is 431 g/mol. The van der Waals surface area contributed by atoms with Crippen molar-refractivity contribution in [3.63, 3.8) is 0 Å². The molecule has 4 heterocycles. The van der Waals surface area contributed by atoms with Crippen molar-refractivity contribution in [1.82, 2.24) is 19.6 Å². The van der Waals surface area contributed by atoms with Crippen molar-refractivity contribution in [1.29, 1.82) is 0 Å². The molecule has 1 aromatic carbocycles. The molecule has 0 unspecified atom stereocenters. The highest BCUT2D eigenvalue weighted by atomic mass is 35.5. The van der Waals surface area contributed by atoms with Gasteiger partial charge in [0.1, 0.15) is 16.1 Å². The lowest BCUT2D eigenvalue weighted by Gasteiger charge is -2.01. The van der Waals surface area contributed by atoms with Gasteiger partial charge in [-0.3, -0.25) is 9.78 Å². The number of benzene rings is 1. The third-order valence-electron chi connectivity index (χ3n) is 4.24. The van der Waals surface area contributed by atoms with Crippen molar-refractivity contribution in [2.24, 2.45) is 0 Å². The third kappa shape index (κ3) is 3.23. The summed E-state index contributed by atoms with van der Waals surface area (Å²) in [4.78, 5) is 21.6. The lowest BCUT2D eigenvalue weighted by Crippen LogP contribution is -2.23. The number of fused-ring (bicyclic) bond motifs is 1. The fraction of sp³-hybridized carbons (Fsp3) is 0. The molecule has 5 aromatic rings. The van der Waals surface area contributed by atoms with Gasteiger partial charge in [-0.25, -0.2) is 0 Å². The van der Waals surface area contributed by atoms with Crippen LogP contribution in [0.3, 0.4) is 0 Å². The largest absolute Gasteiger partial charge is 0.457 e. The molecule has 0 amide bonds. The number of rotatable bonds is 3. The van der Waals surface area contributed by atoms with Crippen molar-refractivity contribution in [2.75, 3.05) is 0 Å². The van der Waals surface area contributed by atoms with Crippen LogP contribution in [0.1, 0.15) is 5.76 Å². The first-order valence-corrected chi connectivity index (χ1v) is 10.0. The predicted octanol–water partition coefficient (Wildman–Crippen LogP) is 4.33. The second kappa shape index (κ2) is 7.11. The Morgan fingerprint density at radius 1 is 1.07 bits per heavy atom. The average Bonchev–Trinajstić information content (AvgIpc) is 3.43. The Balaban J connectivity index is 1.54. The highest BCUT2D eigenvalue weighted by Gasteiger charge is 2.13. The van der Waals surface area contributed by atoms with E-state index in [9.17, 15) is 4.79 Å². The lowest BCUT2D eigenvalue weighted by atomic mass is 10.2. The molecule has 0 spiro atoms. The second-order valence-corrected chi connectivity index (χ2v) is 7.88. The number of hydrogen-bond donors (Lipinski definition) is 0. The van der Waals surface area contributed by atoms with Crippen LogP contribution in [-0.4, -0.2) is 19.6 Å². The molecule has 0 aliphatic heterocycles. The zero-order valence-corrected chi connectivity index (χ0v) is 16.9. The number of pyridine rings is 1. The standard InChI is InChI=1S/C20H10Cl2N4O2S/c21-14-3-1-2-13(17(14)22)15-5-4-12(28-15)10-16-19(27)26-20(29-16)24-18(25-26)11-6-8-23-9-7-11/h1-10H.